The average molecular weight is 333 g/mol. The summed E-state index contributed by atoms with van der Waals surface area (Å²) in [7, 11) is 0. The fourth-order valence-corrected chi connectivity index (χ4v) is 2.82. The van der Waals surface area contributed by atoms with Gasteiger partial charge in [0.2, 0.25) is 5.91 Å². The van der Waals surface area contributed by atoms with E-state index in [0.717, 1.165) is 17.5 Å². The molecule has 0 heterocycles. The van der Waals surface area contributed by atoms with Crippen LogP contribution in [0.5, 0.6) is 0 Å². The average Bonchev–Trinajstić information content (AvgIpc) is 2.65. The minimum Gasteiger partial charge on any atom is -0.349 e. The van der Waals surface area contributed by atoms with Gasteiger partial charge in [0, 0.05) is 0 Å². The number of benzene rings is 3. The Bertz CT molecular complexity index is 800. The molecule has 0 radical (unpaired) electrons. The van der Waals surface area contributed by atoms with Gasteiger partial charge in [-0.1, -0.05) is 72.8 Å². The van der Waals surface area contributed by atoms with Crippen LogP contribution in [0.1, 0.15) is 22.7 Å². The van der Waals surface area contributed by atoms with Gasteiger partial charge in [-0.05, 0) is 35.2 Å². The quantitative estimate of drug-likeness (QED) is 0.708. The molecule has 0 aliphatic carbocycles. The van der Waals surface area contributed by atoms with Crippen molar-refractivity contribution in [3.63, 3.8) is 0 Å². The summed E-state index contributed by atoms with van der Waals surface area (Å²) >= 11 is 0. The third kappa shape index (κ3) is 5.01. The van der Waals surface area contributed by atoms with E-state index in [1.54, 1.807) is 12.1 Å². The number of carbonyl (C=O) groups excluding carboxylic acids is 1. The molecule has 2 nitrogen and oxygen atoms in total. The molecule has 0 fully saturated rings. The first kappa shape index (κ1) is 16.9. The van der Waals surface area contributed by atoms with Crippen molar-refractivity contribution in [3.8, 4) is 0 Å². The maximum Gasteiger partial charge on any atom is 0.224 e. The van der Waals surface area contributed by atoms with Crippen LogP contribution in [0.4, 0.5) is 4.39 Å². The normalized spacial score (nSPS) is 11.7. The van der Waals surface area contributed by atoms with Gasteiger partial charge >= 0.3 is 0 Å². The molecule has 3 aromatic rings. The molecule has 0 saturated carbocycles. The topological polar surface area (TPSA) is 29.1 Å². The fraction of sp³-hybridized carbons (Fsp3) is 0.136. The van der Waals surface area contributed by atoms with Crippen molar-refractivity contribution in [2.75, 3.05) is 0 Å². The lowest BCUT2D eigenvalue weighted by Crippen LogP contribution is -2.31. The highest BCUT2D eigenvalue weighted by atomic mass is 19.1. The largest absolute Gasteiger partial charge is 0.349 e. The molecule has 3 rings (SSSR count). The smallest absolute Gasteiger partial charge is 0.224 e. The van der Waals surface area contributed by atoms with Crippen molar-refractivity contribution >= 4 is 5.91 Å². The molecule has 1 amide bonds. The predicted molar refractivity (Wildman–Crippen MR) is 97.6 cm³/mol. The van der Waals surface area contributed by atoms with Gasteiger partial charge in [0.25, 0.3) is 0 Å². The van der Waals surface area contributed by atoms with Gasteiger partial charge in [0.15, 0.2) is 0 Å². The molecule has 3 heteroatoms. The SMILES string of the molecule is O=C(Cc1ccc(F)cc1)NC(Cc1ccccc1)c1ccccc1. The summed E-state index contributed by atoms with van der Waals surface area (Å²) in [6, 6.07) is 26.0. The summed E-state index contributed by atoms with van der Waals surface area (Å²) < 4.78 is 13.0. The monoisotopic (exact) mass is 333 g/mol. The highest BCUT2D eigenvalue weighted by Gasteiger charge is 2.15. The third-order valence-corrected chi connectivity index (χ3v) is 4.10. The van der Waals surface area contributed by atoms with E-state index in [1.807, 2.05) is 48.5 Å². The molecule has 126 valence electrons. The van der Waals surface area contributed by atoms with Crippen LogP contribution in [-0.4, -0.2) is 5.91 Å². The minimum absolute atomic E-state index is 0.0728. The minimum atomic E-state index is -0.296. The van der Waals surface area contributed by atoms with E-state index in [2.05, 4.69) is 17.4 Å². The molecular weight excluding hydrogens is 313 g/mol. The molecule has 0 aliphatic heterocycles. The third-order valence-electron chi connectivity index (χ3n) is 4.10. The molecule has 1 N–H and O–H groups in total. The van der Waals surface area contributed by atoms with Crippen LogP contribution in [0.3, 0.4) is 0 Å². The molecule has 1 unspecified atom stereocenters. The van der Waals surface area contributed by atoms with Crippen LogP contribution in [0.2, 0.25) is 0 Å². The van der Waals surface area contributed by atoms with E-state index < -0.39 is 0 Å². The fourth-order valence-electron chi connectivity index (χ4n) is 2.82. The summed E-state index contributed by atoms with van der Waals surface area (Å²) in [5.74, 6) is -0.369. The van der Waals surface area contributed by atoms with Crippen LogP contribution >= 0.6 is 0 Å². The maximum absolute atomic E-state index is 13.0. The molecule has 1 atom stereocenters. The van der Waals surface area contributed by atoms with Gasteiger partial charge in [0.1, 0.15) is 5.82 Å². The number of hydrogen-bond acceptors (Lipinski definition) is 1. The predicted octanol–water partition coefficient (Wildman–Crippen LogP) is 4.47. The zero-order valence-corrected chi connectivity index (χ0v) is 13.9. The van der Waals surface area contributed by atoms with E-state index in [-0.39, 0.29) is 24.2 Å². The first-order valence-electron chi connectivity index (χ1n) is 8.33. The first-order chi connectivity index (χ1) is 12.2. The lowest BCUT2D eigenvalue weighted by molar-refractivity contribution is -0.121. The van der Waals surface area contributed by atoms with Gasteiger partial charge in [-0.15, -0.1) is 0 Å². The highest BCUT2D eigenvalue weighted by molar-refractivity contribution is 5.79. The lowest BCUT2D eigenvalue weighted by Gasteiger charge is -2.19. The van der Waals surface area contributed by atoms with E-state index >= 15 is 0 Å². The molecule has 0 spiro atoms. The molecule has 3 aromatic carbocycles. The van der Waals surface area contributed by atoms with Crippen molar-refractivity contribution < 1.29 is 9.18 Å². The molecule has 0 saturated heterocycles. The van der Waals surface area contributed by atoms with Crippen molar-refractivity contribution in [3.05, 3.63) is 107 Å². The highest BCUT2D eigenvalue weighted by Crippen LogP contribution is 2.18. The molecule has 0 aliphatic rings. The lowest BCUT2D eigenvalue weighted by atomic mass is 9.98. The number of hydrogen-bond donors (Lipinski definition) is 1. The zero-order valence-electron chi connectivity index (χ0n) is 13.9. The zero-order chi connectivity index (χ0) is 17.5. The van der Waals surface area contributed by atoms with Crippen molar-refractivity contribution in [1.29, 1.82) is 0 Å². The van der Waals surface area contributed by atoms with E-state index in [9.17, 15) is 9.18 Å². The van der Waals surface area contributed by atoms with Crippen LogP contribution in [0, 0.1) is 5.82 Å². The Hall–Kier alpha value is -2.94. The van der Waals surface area contributed by atoms with Gasteiger partial charge in [-0.25, -0.2) is 4.39 Å². The Morgan fingerprint density at radius 3 is 2.04 bits per heavy atom. The summed E-state index contributed by atoms with van der Waals surface area (Å²) in [4.78, 5) is 12.5. The van der Waals surface area contributed by atoms with Crippen molar-refractivity contribution in [2.45, 2.75) is 18.9 Å². The standard InChI is InChI=1S/C22H20FNO/c23-20-13-11-18(12-14-20)16-22(25)24-21(19-9-5-2-6-10-19)15-17-7-3-1-4-8-17/h1-14,21H,15-16H2,(H,24,25). The Labute approximate surface area is 147 Å². The Balaban J connectivity index is 1.72. The first-order valence-corrected chi connectivity index (χ1v) is 8.33. The summed E-state index contributed by atoms with van der Waals surface area (Å²) in [5.41, 5.74) is 3.03. The van der Waals surface area contributed by atoms with Crippen LogP contribution in [0.15, 0.2) is 84.9 Å². The second-order valence-corrected chi connectivity index (χ2v) is 6.02. The summed E-state index contributed by atoms with van der Waals surface area (Å²) in [6.07, 6.45) is 0.957. The van der Waals surface area contributed by atoms with Gasteiger partial charge < -0.3 is 5.32 Å². The summed E-state index contributed by atoms with van der Waals surface area (Å²) in [6.45, 7) is 0. The van der Waals surface area contributed by atoms with Gasteiger partial charge in [0.05, 0.1) is 12.5 Å². The van der Waals surface area contributed by atoms with E-state index in [4.69, 9.17) is 0 Å². The second-order valence-electron chi connectivity index (χ2n) is 6.02. The second kappa shape index (κ2) is 8.25. The Morgan fingerprint density at radius 1 is 0.800 bits per heavy atom. The van der Waals surface area contributed by atoms with E-state index in [1.165, 1.54) is 17.7 Å². The summed E-state index contributed by atoms with van der Waals surface area (Å²) in [5, 5.41) is 3.11. The molecule has 0 aromatic heterocycles. The number of halogens is 1. The molecular formula is C22H20FNO. The van der Waals surface area contributed by atoms with Gasteiger partial charge in [-0.2, -0.15) is 0 Å². The van der Waals surface area contributed by atoms with Crippen molar-refractivity contribution in [2.24, 2.45) is 0 Å². The maximum atomic E-state index is 13.0. The Kier molecular flexibility index (Phi) is 5.57. The number of carbonyl (C=O) groups is 1. The number of rotatable bonds is 6. The van der Waals surface area contributed by atoms with Crippen LogP contribution in [-0.2, 0) is 17.6 Å². The number of nitrogens with one attached hydrogen (secondary N) is 1. The van der Waals surface area contributed by atoms with Crippen LogP contribution in [0.25, 0.3) is 0 Å². The molecule has 0 bridgehead atoms. The van der Waals surface area contributed by atoms with Crippen molar-refractivity contribution in [1.82, 2.24) is 5.32 Å². The van der Waals surface area contributed by atoms with Crippen LogP contribution < -0.4 is 5.32 Å². The molecule has 25 heavy (non-hydrogen) atoms. The van der Waals surface area contributed by atoms with Gasteiger partial charge in [-0.3, -0.25) is 4.79 Å². The Morgan fingerprint density at radius 2 is 1.40 bits per heavy atom. The number of amides is 1. The van der Waals surface area contributed by atoms with E-state index in [0.29, 0.717) is 0 Å².